The second-order valence-electron chi connectivity index (χ2n) is 4.32. The smallest absolute Gasteiger partial charge is 0.147 e. The molecule has 2 rings (SSSR count). The van der Waals surface area contributed by atoms with Crippen LogP contribution in [0.1, 0.15) is 25.7 Å². The molecule has 4 heteroatoms. The summed E-state index contributed by atoms with van der Waals surface area (Å²) in [4.78, 5) is 0. The average molecular weight is 231 g/mol. The third kappa shape index (κ3) is 3.34. The van der Waals surface area contributed by atoms with Crippen LogP contribution < -0.4 is 5.32 Å². The summed E-state index contributed by atoms with van der Waals surface area (Å²) in [5.41, 5.74) is 0. The number of ether oxygens (including phenoxy) is 2. The van der Waals surface area contributed by atoms with Gasteiger partial charge in [0.15, 0.2) is 0 Å². The maximum atomic E-state index is 5.52. The lowest BCUT2D eigenvalue weighted by molar-refractivity contribution is -0.137. The van der Waals surface area contributed by atoms with E-state index in [4.69, 9.17) is 9.47 Å². The first-order valence-corrected chi connectivity index (χ1v) is 7.14. The Labute approximate surface area is 96.3 Å². The summed E-state index contributed by atoms with van der Waals surface area (Å²) < 4.78 is 10.7. The van der Waals surface area contributed by atoms with E-state index in [0.29, 0.717) is 18.9 Å². The number of thioether (sulfide) groups is 1. The van der Waals surface area contributed by atoms with Crippen LogP contribution in [-0.2, 0) is 9.47 Å². The van der Waals surface area contributed by atoms with Gasteiger partial charge in [0.05, 0.1) is 12.7 Å². The molecule has 0 amide bonds. The molecule has 1 saturated heterocycles. The molecule has 0 aromatic carbocycles. The molecule has 15 heavy (non-hydrogen) atoms. The Kier molecular flexibility index (Phi) is 4.75. The van der Waals surface area contributed by atoms with Gasteiger partial charge in [-0.1, -0.05) is 6.42 Å². The summed E-state index contributed by atoms with van der Waals surface area (Å²) in [6.45, 7) is 2.32. The van der Waals surface area contributed by atoms with Crippen molar-refractivity contribution < 1.29 is 9.47 Å². The van der Waals surface area contributed by atoms with Gasteiger partial charge >= 0.3 is 0 Å². The first kappa shape index (κ1) is 11.7. The van der Waals surface area contributed by atoms with E-state index in [-0.39, 0.29) is 0 Å². The zero-order chi connectivity index (χ0) is 10.5. The second kappa shape index (κ2) is 6.09. The largest absolute Gasteiger partial charge is 0.355 e. The van der Waals surface area contributed by atoms with Crippen LogP contribution >= 0.6 is 11.8 Å². The van der Waals surface area contributed by atoms with Crippen molar-refractivity contribution in [3.8, 4) is 0 Å². The van der Waals surface area contributed by atoms with Crippen molar-refractivity contribution in [2.75, 3.05) is 26.2 Å². The van der Waals surface area contributed by atoms with Gasteiger partial charge in [0.2, 0.25) is 0 Å². The normalized spacial score (nSPS) is 37.0. The molecule has 2 fully saturated rings. The molecule has 1 saturated carbocycles. The van der Waals surface area contributed by atoms with E-state index in [9.17, 15) is 0 Å². The highest BCUT2D eigenvalue weighted by Gasteiger charge is 2.27. The van der Waals surface area contributed by atoms with Crippen molar-refractivity contribution in [2.24, 2.45) is 0 Å². The van der Waals surface area contributed by atoms with Crippen LogP contribution in [0.5, 0.6) is 0 Å². The average Bonchev–Trinajstić information content (AvgIpc) is 2.75. The van der Waals surface area contributed by atoms with Crippen LogP contribution in [0.3, 0.4) is 0 Å². The van der Waals surface area contributed by atoms with Crippen LogP contribution in [0.4, 0.5) is 0 Å². The number of nitrogens with one attached hydrogen (secondary N) is 1. The lowest BCUT2D eigenvalue weighted by atomic mass is 10.2. The van der Waals surface area contributed by atoms with Gasteiger partial charge in [-0.15, -0.1) is 0 Å². The molecule has 1 heterocycles. The Morgan fingerprint density at radius 3 is 3.00 bits per heavy atom. The van der Waals surface area contributed by atoms with Gasteiger partial charge in [0, 0.05) is 17.8 Å². The van der Waals surface area contributed by atoms with E-state index in [0.717, 1.165) is 24.8 Å². The van der Waals surface area contributed by atoms with Crippen molar-refractivity contribution >= 4 is 11.8 Å². The fourth-order valence-electron chi connectivity index (χ4n) is 2.39. The van der Waals surface area contributed by atoms with E-state index >= 15 is 0 Å². The monoisotopic (exact) mass is 231 g/mol. The van der Waals surface area contributed by atoms with Crippen molar-refractivity contribution in [1.82, 2.24) is 5.32 Å². The maximum Gasteiger partial charge on any atom is 0.147 e. The third-order valence-electron chi connectivity index (χ3n) is 3.33. The van der Waals surface area contributed by atoms with E-state index < -0.39 is 0 Å². The van der Waals surface area contributed by atoms with Gasteiger partial charge in [-0.2, -0.15) is 11.8 Å². The van der Waals surface area contributed by atoms with Gasteiger partial charge in [-0.3, -0.25) is 0 Å². The third-order valence-corrected chi connectivity index (χ3v) is 4.50. The second-order valence-corrected chi connectivity index (χ2v) is 5.40. The fourth-order valence-corrected chi connectivity index (χ4v) is 3.35. The molecule has 1 N–H and O–H groups in total. The highest BCUT2D eigenvalue weighted by Crippen LogP contribution is 2.28. The summed E-state index contributed by atoms with van der Waals surface area (Å²) in [6, 6.07) is 0.700. The van der Waals surface area contributed by atoms with Crippen LogP contribution in [-0.4, -0.2) is 43.6 Å². The molecule has 1 aliphatic carbocycles. The Bertz CT molecular complexity index is 185. The standard InChI is InChI=1S/C11H21NO2S/c1-15-11-4-2-3-10(11)12-7-9-5-6-13-8-14-9/h9-12H,2-8H2,1H3. The predicted molar refractivity (Wildman–Crippen MR) is 63.3 cm³/mol. The molecule has 3 atom stereocenters. The maximum absolute atomic E-state index is 5.52. The molecule has 0 aromatic heterocycles. The molecular weight excluding hydrogens is 210 g/mol. The first-order chi connectivity index (χ1) is 7.40. The van der Waals surface area contributed by atoms with Crippen molar-refractivity contribution in [1.29, 1.82) is 0 Å². The topological polar surface area (TPSA) is 30.5 Å². The number of hydrogen-bond donors (Lipinski definition) is 1. The van der Waals surface area contributed by atoms with E-state index in [1.807, 2.05) is 11.8 Å². The van der Waals surface area contributed by atoms with Crippen LogP contribution in [0.2, 0.25) is 0 Å². The van der Waals surface area contributed by atoms with Gasteiger partial charge in [-0.25, -0.2) is 0 Å². The molecule has 0 spiro atoms. The Morgan fingerprint density at radius 1 is 1.33 bits per heavy atom. The molecule has 0 aromatic rings. The Morgan fingerprint density at radius 2 is 2.27 bits per heavy atom. The summed E-state index contributed by atoms with van der Waals surface area (Å²) in [7, 11) is 0. The molecule has 2 aliphatic rings. The van der Waals surface area contributed by atoms with Gasteiger partial charge in [-0.05, 0) is 25.5 Å². The van der Waals surface area contributed by atoms with Crippen molar-refractivity contribution in [2.45, 2.75) is 43.1 Å². The van der Waals surface area contributed by atoms with Crippen LogP contribution in [0.25, 0.3) is 0 Å². The van der Waals surface area contributed by atoms with E-state index in [1.54, 1.807) is 0 Å². The molecule has 3 nitrogen and oxygen atoms in total. The highest BCUT2D eigenvalue weighted by atomic mass is 32.2. The van der Waals surface area contributed by atoms with Gasteiger partial charge in [0.1, 0.15) is 6.79 Å². The molecule has 1 aliphatic heterocycles. The lowest BCUT2D eigenvalue weighted by Crippen LogP contribution is -2.41. The molecular formula is C11H21NO2S. The summed E-state index contributed by atoms with van der Waals surface area (Å²) in [6.07, 6.45) is 7.68. The van der Waals surface area contributed by atoms with Gasteiger partial charge in [0.25, 0.3) is 0 Å². The highest BCUT2D eigenvalue weighted by molar-refractivity contribution is 7.99. The zero-order valence-corrected chi connectivity index (χ0v) is 10.2. The van der Waals surface area contributed by atoms with E-state index in [2.05, 4.69) is 11.6 Å². The minimum atomic E-state index is 0.363. The minimum absolute atomic E-state index is 0.363. The van der Waals surface area contributed by atoms with Crippen LogP contribution in [0, 0.1) is 0 Å². The summed E-state index contributed by atoms with van der Waals surface area (Å²) in [5.74, 6) is 0. The predicted octanol–water partition coefficient (Wildman–Crippen LogP) is 1.62. The molecule has 0 bridgehead atoms. The van der Waals surface area contributed by atoms with Crippen molar-refractivity contribution in [3.63, 3.8) is 0 Å². The Hall–Kier alpha value is 0.230. The Balaban J connectivity index is 1.67. The summed E-state index contributed by atoms with van der Waals surface area (Å²) >= 11 is 2.00. The molecule has 88 valence electrons. The quantitative estimate of drug-likeness (QED) is 0.796. The van der Waals surface area contributed by atoms with Gasteiger partial charge < -0.3 is 14.8 Å². The van der Waals surface area contributed by atoms with Crippen LogP contribution in [0.15, 0.2) is 0 Å². The lowest BCUT2D eigenvalue weighted by Gasteiger charge is -2.26. The first-order valence-electron chi connectivity index (χ1n) is 5.85. The molecule has 0 radical (unpaired) electrons. The SMILES string of the molecule is CSC1CCCC1NCC1CCOCO1. The number of rotatable bonds is 4. The van der Waals surface area contributed by atoms with E-state index in [1.165, 1.54) is 19.3 Å². The molecule has 3 unspecified atom stereocenters. The fraction of sp³-hybridized carbons (Fsp3) is 1.00. The number of hydrogen-bond acceptors (Lipinski definition) is 4. The summed E-state index contributed by atoms with van der Waals surface area (Å²) in [5, 5.41) is 4.46. The zero-order valence-electron chi connectivity index (χ0n) is 9.41. The van der Waals surface area contributed by atoms with Crippen molar-refractivity contribution in [3.05, 3.63) is 0 Å². The minimum Gasteiger partial charge on any atom is -0.355 e.